The van der Waals surface area contributed by atoms with Crippen LogP contribution < -0.4 is 11.5 Å². The van der Waals surface area contributed by atoms with E-state index in [1.54, 1.807) is 24.3 Å². The first-order valence-corrected chi connectivity index (χ1v) is 6.53. The molecule has 0 aliphatic carbocycles. The van der Waals surface area contributed by atoms with Crippen molar-refractivity contribution in [1.29, 1.82) is 0 Å². The number of primary amides is 1. The minimum absolute atomic E-state index is 0.166. The van der Waals surface area contributed by atoms with Crippen molar-refractivity contribution in [3.63, 3.8) is 0 Å². The van der Waals surface area contributed by atoms with Gasteiger partial charge in [0.25, 0.3) is 5.91 Å². The molecule has 1 aromatic carbocycles. The number of carbonyl (C=O) groups is 2. The van der Waals surface area contributed by atoms with Gasteiger partial charge in [-0.3, -0.25) is 9.59 Å². The molecular weight excluding hydrogens is 278 g/mol. The lowest BCUT2D eigenvalue weighted by Gasteiger charge is -2.20. The molecule has 0 unspecified atom stereocenters. The van der Waals surface area contributed by atoms with Gasteiger partial charge in [-0.25, -0.2) is 0 Å². The average molecular weight is 291 g/mol. The molecule has 1 aromatic heterocycles. The Morgan fingerprint density at radius 1 is 1.25 bits per heavy atom. The molecule has 2 aromatic rings. The first-order valence-electron chi connectivity index (χ1n) is 5.75. The molecule has 7 nitrogen and oxygen atoms in total. The highest BCUT2D eigenvalue weighted by atomic mass is 32.1. The summed E-state index contributed by atoms with van der Waals surface area (Å²) in [6, 6.07) is 7.05. The summed E-state index contributed by atoms with van der Waals surface area (Å²) in [4.78, 5) is 25.1. The molecule has 0 saturated carbocycles. The van der Waals surface area contributed by atoms with Gasteiger partial charge in [0.1, 0.15) is 11.4 Å². The molecule has 2 rings (SSSR count). The molecule has 0 saturated heterocycles. The van der Waals surface area contributed by atoms with Crippen LogP contribution in [-0.4, -0.2) is 32.8 Å². The van der Waals surface area contributed by atoms with Gasteiger partial charge in [-0.15, -0.1) is 5.10 Å². The second-order valence-corrected chi connectivity index (χ2v) is 4.94. The van der Waals surface area contributed by atoms with Crippen LogP contribution in [0.2, 0.25) is 0 Å². The Bertz CT molecular complexity index is 597. The Balaban J connectivity index is 2.17. The van der Waals surface area contributed by atoms with Gasteiger partial charge < -0.3 is 16.4 Å². The van der Waals surface area contributed by atoms with E-state index in [1.807, 2.05) is 0 Å². The maximum atomic E-state index is 12.2. The maximum absolute atomic E-state index is 12.2. The topological polar surface area (TPSA) is 115 Å². The van der Waals surface area contributed by atoms with Crippen molar-refractivity contribution < 1.29 is 9.59 Å². The van der Waals surface area contributed by atoms with Crippen molar-refractivity contribution in [2.24, 2.45) is 5.73 Å². The lowest BCUT2D eigenvalue weighted by molar-refractivity contribution is -0.118. The summed E-state index contributed by atoms with van der Waals surface area (Å²) in [5.74, 6) is -0.901. The fourth-order valence-electron chi connectivity index (χ4n) is 1.65. The number of aromatic nitrogens is 2. The van der Waals surface area contributed by atoms with E-state index in [0.717, 1.165) is 17.1 Å². The molecule has 0 atom stereocenters. The predicted octanol–water partition coefficient (Wildman–Crippen LogP) is 0.248. The number of hydrogen-bond donors (Lipinski definition) is 2. The fraction of sp³-hybridized carbons (Fsp3) is 0.167. The van der Waals surface area contributed by atoms with Gasteiger partial charge in [-0.05, 0) is 29.2 Å². The molecule has 4 N–H and O–H groups in total. The molecule has 0 fully saturated rings. The Kier molecular flexibility index (Phi) is 4.26. The average Bonchev–Trinajstić information content (AvgIpc) is 2.93. The number of hydrogen-bond acceptors (Lipinski definition) is 6. The Morgan fingerprint density at radius 2 is 1.95 bits per heavy atom. The molecule has 20 heavy (non-hydrogen) atoms. The number of nitrogen functional groups attached to an aromatic ring is 1. The second kappa shape index (κ2) is 6.11. The lowest BCUT2D eigenvalue weighted by Crippen LogP contribution is -2.37. The van der Waals surface area contributed by atoms with Crippen molar-refractivity contribution in [3.8, 4) is 0 Å². The monoisotopic (exact) mass is 291 g/mol. The fourth-order valence-corrected chi connectivity index (χ4v) is 2.13. The van der Waals surface area contributed by atoms with Gasteiger partial charge in [-0.2, -0.15) is 0 Å². The second-order valence-electron chi connectivity index (χ2n) is 4.15. The Hall–Kier alpha value is -2.48. The molecule has 1 heterocycles. The van der Waals surface area contributed by atoms with Crippen LogP contribution in [0, 0.1) is 0 Å². The van der Waals surface area contributed by atoms with Gasteiger partial charge in [0.05, 0.1) is 6.20 Å². The first kappa shape index (κ1) is 13.9. The van der Waals surface area contributed by atoms with E-state index in [-0.39, 0.29) is 19.0 Å². The molecule has 104 valence electrons. The highest BCUT2D eigenvalue weighted by molar-refractivity contribution is 7.07. The highest BCUT2D eigenvalue weighted by Gasteiger charge is 2.19. The zero-order valence-electron chi connectivity index (χ0n) is 10.5. The van der Waals surface area contributed by atoms with Gasteiger partial charge in [0.2, 0.25) is 5.91 Å². The van der Waals surface area contributed by atoms with Gasteiger partial charge in [0.15, 0.2) is 0 Å². The Labute approximate surface area is 119 Å². The number of benzene rings is 1. The number of nitrogens with two attached hydrogens (primary N) is 2. The molecule has 2 amide bonds. The van der Waals surface area contributed by atoms with Gasteiger partial charge in [0, 0.05) is 12.2 Å². The van der Waals surface area contributed by atoms with Gasteiger partial charge in [-0.1, -0.05) is 16.6 Å². The van der Waals surface area contributed by atoms with Crippen molar-refractivity contribution in [3.05, 3.63) is 40.9 Å². The summed E-state index contributed by atoms with van der Waals surface area (Å²) in [5, 5.41) is 3.61. The highest BCUT2D eigenvalue weighted by Crippen LogP contribution is 2.13. The van der Waals surface area contributed by atoms with Crippen LogP contribution >= 0.6 is 11.5 Å². The van der Waals surface area contributed by atoms with Gasteiger partial charge >= 0.3 is 0 Å². The molecule has 0 aliphatic rings. The summed E-state index contributed by atoms with van der Waals surface area (Å²) in [6.07, 6.45) is 1.37. The van der Waals surface area contributed by atoms with Crippen molar-refractivity contribution in [2.45, 2.75) is 6.54 Å². The molecule has 0 bridgehead atoms. The molecule has 8 heteroatoms. The maximum Gasteiger partial charge on any atom is 0.267 e. The van der Waals surface area contributed by atoms with E-state index in [2.05, 4.69) is 9.59 Å². The largest absolute Gasteiger partial charge is 0.399 e. The summed E-state index contributed by atoms with van der Waals surface area (Å²) in [6.45, 7) is 0.0983. The van der Waals surface area contributed by atoms with Crippen LogP contribution in [0.5, 0.6) is 0 Å². The zero-order valence-corrected chi connectivity index (χ0v) is 11.3. The number of anilines is 1. The van der Waals surface area contributed by atoms with Crippen LogP contribution in [0.3, 0.4) is 0 Å². The zero-order chi connectivity index (χ0) is 14.5. The van der Waals surface area contributed by atoms with Crippen molar-refractivity contribution in [2.75, 3.05) is 12.3 Å². The minimum Gasteiger partial charge on any atom is -0.399 e. The standard InChI is InChI=1S/C12H13N5O2S/c13-9-3-1-8(2-4-9)6-17(7-11(14)18)12(19)10-5-15-16-20-10/h1-5H,6-7,13H2,(H2,14,18). The van der Waals surface area contributed by atoms with E-state index >= 15 is 0 Å². The van der Waals surface area contributed by atoms with Crippen LogP contribution in [0.25, 0.3) is 0 Å². The Morgan fingerprint density at radius 3 is 2.50 bits per heavy atom. The third-order valence-electron chi connectivity index (χ3n) is 2.56. The van der Waals surface area contributed by atoms with Crippen LogP contribution in [-0.2, 0) is 11.3 Å². The third kappa shape index (κ3) is 3.51. The van der Waals surface area contributed by atoms with Crippen LogP contribution in [0.1, 0.15) is 15.2 Å². The van der Waals surface area contributed by atoms with E-state index in [1.165, 1.54) is 11.1 Å². The number of carbonyl (C=O) groups excluding carboxylic acids is 2. The number of rotatable bonds is 5. The van der Waals surface area contributed by atoms with Crippen molar-refractivity contribution >= 4 is 29.0 Å². The molecule has 0 radical (unpaired) electrons. The van der Waals surface area contributed by atoms with E-state index in [4.69, 9.17) is 11.5 Å². The molecule has 0 spiro atoms. The smallest absolute Gasteiger partial charge is 0.267 e. The summed E-state index contributed by atoms with van der Waals surface area (Å²) in [5.41, 5.74) is 12.3. The van der Waals surface area contributed by atoms with Crippen LogP contribution in [0.4, 0.5) is 5.69 Å². The summed E-state index contributed by atoms with van der Waals surface area (Å²) >= 11 is 0.975. The van der Waals surface area contributed by atoms with E-state index < -0.39 is 5.91 Å². The summed E-state index contributed by atoms with van der Waals surface area (Å²) in [7, 11) is 0. The van der Waals surface area contributed by atoms with Crippen LogP contribution in [0.15, 0.2) is 30.5 Å². The van der Waals surface area contributed by atoms with E-state index in [0.29, 0.717) is 10.6 Å². The third-order valence-corrected chi connectivity index (χ3v) is 3.21. The minimum atomic E-state index is -0.578. The normalized spacial score (nSPS) is 10.2. The quantitative estimate of drug-likeness (QED) is 0.766. The lowest BCUT2D eigenvalue weighted by atomic mass is 10.2. The van der Waals surface area contributed by atoms with Crippen molar-refractivity contribution in [1.82, 2.24) is 14.5 Å². The van der Waals surface area contributed by atoms with E-state index in [9.17, 15) is 9.59 Å². The SMILES string of the molecule is NC(=O)CN(Cc1ccc(N)cc1)C(=O)c1cnns1. The first-order chi connectivity index (χ1) is 9.56. The predicted molar refractivity (Wildman–Crippen MR) is 74.7 cm³/mol. The summed E-state index contributed by atoms with van der Waals surface area (Å²) < 4.78 is 3.63. The molecular formula is C12H13N5O2S. The molecule has 0 aliphatic heterocycles. The number of amides is 2. The number of nitrogens with zero attached hydrogens (tertiary/aromatic N) is 3.